The van der Waals surface area contributed by atoms with Gasteiger partial charge in [-0.3, -0.25) is 0 Å². The number of rotatable bonds is 0. The summed E-state index contributed by atoms with van der Waals surface area (Å²) in [5.41, 5.74) is 5.07. The van der Waals surface area contributed by atoms with E-state index in [1.54, 1.807) is 6.07 Å². The lowest BCUT2D eigenvalue weighted by atomic mass is 10.2. The molecule has 2 heteroatoms. The largest absolute Gasteiger partial charge is 0.401 e. The molecule has 1 aliphatic rings. The average molecular weight is 112 g/mol. The number of hydrogen-bond donors (Lipinski definition) is 1. The minimum absolute atomic E-state index is 0.0208. The summed E-state index contributed by atoms with van der Waals surface area (Å²) >= 11 is 0. The molecule has 0 heterocycles. The first-order valence-corrected chi connectivity index (χ1v) is 2.22. The second kappa shape index (κ2) is 1.87. The Morgan fingerprint density at radius 2 is 2.62 bits per heavy atom. The molecule has 0 spiro atoms. The van der Waals surface area contributed by atoms with Crippen LogP contribution in [0.1, 0.15) is 24.6 Å². The Kier molecular flexibility index (Phi) is 0.491. The minimum atomic E-state index is -2.24. The van der Waals surface area contributed by atoms with Gasteiger partial charge in [0.25, 0.3) is 0 Å². The summed E-state index contributed by atoms with van der Waals surface area (Å²) in [5, 5.41) is 8.51. The van der Waals surface area contributed by atoms with Crippen LogP contribution >= 0.6 is 0 Å². The number of nitrogens with zero attached hydrogens (tertiary/aromatic N) is 1. The fourth-order valence-corrected chi connectivity index (χ4v) is 0.496. The molecule has 0 amide bonds. The molecule has 42 valence electrons. The molecule has 2 nitrogen and oxygen atoms in total. The molecule has 0 aromatic carbocycles. The molecule has 1 aliphatic carbocycles. The van der Waals surface area contributed by atoms with Gasteiger partial charge < -0.3 is 5.73 Å². The van der Waals surface area contributed by atoms with Crippen LogP contribution in [-0.4, -0.2) is 0 Å². The van der Waals surface area contributed by atoms with Crippen molar-refractivity contribution in [3.63, 3.8) is 0 Å². The maximum absolute atomic E-state index is 8.51. The Labute approximate surface area is 54.2 Å². The molecule has 0 aromatic rings. The van der Waals surface area contributed by atoms with Crippen LogP contribution in [0, 0.1) is 11.3 Å². The molecule has 0 bridgehead atoms. The summed E-state index contributed by atoms with van der Waals surface area (Å²) in [7, 11) is 0. The second-order valence-corrected chi connectivity index (χ2v) is 1.49. The van der Waals surface area contributed by atoms with Crippen molar-refractivity contribution in [2.45, 2.75) is 19.2 Å². The Hall–Kier alpha value is -0.970. The van der Waals surface area contributed by atoms with Crippen molar-refractivity contribution in [2.24, 2.45) is 5.73 Å². The van der Waals surface area contributed by atoms with Crippen LogP contribution in [0.5, 0.6) is 0 Å². The van der Waals surface area contributed by atoms with Crippen LogP contribution in [0.3, 0.4) is 0 Å². The van der Waals surface area contributed by atoms with Gasteiger partial charge in [-0.1, -0.05) is 0 Å². The number of nitriles is 1. The van der Waals surface area contributed by atoms with E-state index in [0.29, 0.717) is 0 Å². The molecule has 0 atom stereocenters. The first-order chi connectivity index (χ1) is 5.33. The summed E-state index contributed by atoms with van der Waals surface area (Å²) < 4.78 is 29.2. The van der Waals surface area contributed by atoms with Crippen molar-refractivity contribution in [2.75, 3.05) is 0 Å². The second-order valence-electron chi connectivity index (χ2n) is 1.49. The molecule has 8 heavy (non-hydrogen) atoms. The number of hydrogen-bond acceptors (Lipinski definition) is 2. The van der Waals surface area contributed by atoms with Crippen molar-refractivity contribution in [3.8, 4) is 6.07 Å². The monoisotopic (exact) mass is 112 g/mol. The molecule has 0 aliphatic heterocycles. The molecule has 0 saturated carbocycles. The third-order valence-electron chi connectivity index (χ3n) is 0.925. The summed E-state index contributed by atoms with van der Waals surface area (Å²) in [6, 6.07) is 1.60. The Balaban J connectivity index is 3.19. The minimum Gasteiger partial charge on any atom is -0.401 e. The van der Waals surface area contributed by atoms with E-state index in [1.165, 1.54) is 0 Å². The lowest BCUT2D eigenvalue weighted by Crippen LogP contribution is -1.93. The predicted molar refractivity (Wildman–Crippen MR) is 30.7 cm³/mol. The molecule has 0 aromatic heterocycles. The van der Waals surface area contributed by atoms with Crippen molar-refractivity contribution >= 4 is 0 Å². The smallest absolute Gasteiger partial charge is 0.0965 e. The van der Waals surface area contributed by atoms with E-state index >= 15 is 0 Å². The van der Waals surface area contributed by atoms with E-state index in [9.17, 15) is 0 Å². The molecular weight excluding hydrogens is 100 g/mol. The van der Waals surface area contributed by atoms with Gasteiger partial charge in [-0.05, 0) is 19.2 Å². The summed E-state index contributed by atoms with van der Waals surface area (Å²) in [5.74, 6) is 0. The maximum atomic E-state index is 8.51. The third kappa shape index (κ3) is 0.671. The molecular formula is C6H8N2. The molecule has 1 rings (SSSR count). The summed E-state index contributed by atoms with van der Waals surface area (Å²) in [6.45, 7) is 0. The quantitative estimate of drug-likeness (QED) is 0.506. The zero-order chi connectivity index (χ0) is 9.57. The van der Waals surface area contributed by atoms with Gasteiger partial charge in [0.2, 0.25) is 0 Å². The molecule has 0 saturated heterocycles. The van der Waals surface area contributed by atoms with E-state index in [0.717, 1.165) is 0 Å². The Morgan fingerprint density at radius 1 is 1.88 bits per heavy atom. The Morgan fingerprint density at radius 3 is 2.88 bits per heavy atom. The van der Waals surface area contributed by atoms with Crippen LogP contribution in [0.15, 0.2) is 11.3 Å². The molecule has 0 radical (unpaired) electrons. The van der Waals surface area contributed by atoms with Crippen LogP contribution in [0.4, 0.5) is 0 Å². The third-order valence-corrected chi connectivity index (χ3v) is 0.925. The van der Waals surface area contributed by atoms with Gasteiger partial charge >= 0.3 is 0 Å². The molecule has 0 fully saturated rings. The van der Waals surface area contributed by atoms with Gasteiger partial charge in [0, 0.05) is 16.8 Å². The van der Waals surface area contributed by atoms with Gasteiger partial charge in [0.15, 0.2) is 0 Å². The van der Waals surface area contributed by atoms with Crippen LogP contribution in [0.2, 0.25) is 0 Å². The normalized spacial score (nSPS) is 38.9. The lowest BCUT2D eigenvalue weighted by Gasteiger charge is -1.85. The fourth-order valence-electron chi connectivity index (χ4n) is 0.496. The van der Waals surface area contributed by atoms with Crippen LogP contribution < -0.4 is 5.73 Å². The van der Waals surface area contributed by atoms with E-state index in [1.807, 2.05) is 0 Å². The average Bonchev–Trinajstić information content (AvgIpc) is 1.99. The highest BCUT2D eigenvalue weighted by Gasteiger charge is 2.09. The Bertz CT molecular complexity index is 286. The van der Waals surface area contributed by atoms with Crippen LogP contribution in [0.25, 0.3) is 0 Å². The number of nitrogens with two attached hydrogens (primary N) is 1. The van der Waals surface area contributed by atoms with E-state index < -0.39 is 12.7 Å². The highest BCUT2D eigenvalue weighted by atomic mass is 14.6. The first-order valence-electron chi connectivity index (χ1n) is 4.22. The zero-order valence-electron chi connectivity index (χ0n) is 8.23. The standard InChI is InChI=1S/C6H8N2/c7-4-5-2-1-3-6(5)8/h1-3,8H2/i1D2,2D2. The zero-order valence-corrected chi connectivity index (χ0v) is 4.23. The number of allylic oxidation sites excluding steroid dienone is 2. The van der Waals surface area contributed by atoms with Crippen molar-refractivity contribution < 1.29 is 5.48 Å². The van der Waals surface area contributed by atoms with Gasteiger partial charge in [-0.25, -0.2) is 0 Å². The summed E-state index contributed by atoms with van der Waals surface area (Å²) in [4.78, 5) is 0. The van der Waals surface area contributed by atoms with Crippen molar-refractivity contribution in [1.29, 1.82) is 5.26 Å². The highest BCUT2D eigenvalue weighted by molar-refractivity contribution is 5.29. The molecule has 0 unspecified atom stereocenters. The van der Waals surface area contributed by atoms with Gasteiger partial charge in [-0.15, -0.1) is 0 Å². The van der Waals surface area contributed by atoms with Crippen molar-refractivity contribution in [3.05, 3.63) is 11.3 Å². The van der Waals surface area contributed by atoms with E-state index in [4.69, 9.17) is 16.5 Å². The van der Waals surface area contributed by atoms with Gasteiger partial charge in [0.1, 0.15) is 0 Å². The maximum Gasteiger partial charge on any atom is 0.0965 e. The molecule has 2 N–H and O–H groups in total. The van der Waals surface area contributed by atoms with Crippen molar-refractivity contribution in [1.82, 2.24) is 0 Å². The SMILES string of the molecule is [2H]C1([2H])CC(N)=C(C#N)C1([2H])[2H]. The summed E-state index contributed by atoms with van der Waals surface area (Å²) in [6.07, 6.45) is -4.50. The van der Waals surface area contributed by atoms with Gasteiger partial charge in [0.05, 0.1) is 6.07 Å². The topological polar surface area (TPSA) is 49.8 Å². The van der Waals surface area contributed by atoms with Crippen LogP contribution in [-0.2, 0) is 0 Å². The highest BCUT2D eigenvalue weighted by Crippen LogP contribution is 2.20. The van der Waals surface area contributed by atoms with E-state index in [2.05, 4.69) is 0 Å². The lowest BCUT2D eigenvalue weighted by molar-refractivity contribution is 0.894. The van der Waals surface area contributed by atoms with Gasteiger partial charge in [-0.2, -0.15) is 5.26 Å². The predicted octanol–water partition coefficient (Wildman–Crippen LogP) is 0.907. The van der Waals surface area contributed by atoms with E-state index in [-0.39, 0.29) is 17.7 Å². The first kappa shape index (κ1) is 2.10. The fraction of sp³-hybridized carbons (Fsp3) is 0.500.